The van der Waals surface area contributed by atoms with Crippen molar-refractivity contribution in [2.45, 2.75) is 77.4 Å². The summed E-state index contributed by atoms with van der Waals surface area (Å²) < 4.78 is 5.51. The van der Waals surface area contributed by atoms with Crippen LogP contribution in [0.2, 0.25) is 0 Å². The Morgan fingerprint density at radius 3 is 2.72 bits per heavy atom. The smallest absolute Gasteiger partial charge is 0.222 e. The van der Waals surface area contributed by atoms with Crippen LogP contribution in [0.25, 0.3) is 0 Å². The van der Waals surface area contributed by atoms with E-state index in [1.807, 2.05) is 0 Å². The van der Waals surface area contributed by atoms with Gasteiger partial charge in [0.1, 0.15) is 0 Å². The maximum atomic E-state index is 12.2. The molecule has 1 aliphatic heterocycles. The van der Waals surface area contributed by atoms with Gasteiger partial charge < -0.3 is 9.64 Å². The van der Waals surface area contributed by atoms with Gasteiger partial charge in [0, 0.05) is 20.1 Å². The summed E-state index contributed by atoms with van der Waals surface area (Å²) >= 11 is 0. The maximum absolute atomic E-state index is 12.2. The van der Waals surface area contributed by atoms with Gasteiger partial charge in [0.05, 0.1) is 12.1 Å². The van der Waals surface area contributed by atoms with E-state index in [9.17, 15) is 4.79 Å². The molecule has 2 unspecified atom stereocenters. The number of unbranched alkanes of at least 4 members (excludes halogenated alkanes) is 3. The van der Waals surface area contributed by atoms with Crippen molar-refractivity contribution in [3.8, 4) is 0 Å². The molecule has 0 N–H and O–H groups in total. The van der Waals surface area contributed by atoms with Crippen molar-refractivity contribution >= 4 is 5.91 Å². The monoisotopic (exact) mass is 255 g/mol. The Morgan fingerprint density at radius 2 is 2.11 bits per heavy atom. The third-order valence-electron chi connectivity index (χ3n) is 4.00. The lowest BCUT2D eigenvalue weighted by atomic mass is 10.1. The van der Waals surface area contributed by atoms with Gasteiger partial charge in [-0.25, -0.2) is 0 Å². The van der Waals surface area contributed by atoms with Gasteiger partial charge in [-0.05, 0) is 25.7 Å². The summed E-state index contributed by atoms with van der Waals surface area (Å²) in [6, 6.07) is 0.318. The van der Waals surface area contributed by atoms with Crippen LogP contribution >= 0.6 is 0 Å². The molecule has 3 nitrogen and oxygen atoms in total. The highest BCUT2D eigenvalue weighted by atomic mass is 16.5. The second kappa shape index (κ2) is 8.52. The van der Waals surface area contributed by atoms with Gasteiger partial charge in [-0.2, -0.15) is 0 Å². The molecule has 1 fully saturated rings. The zero-order valence-corrected chi connectivity index (χ0v) is 12.3. The van der Waals surface area contributed by atoms with E-state index in [4.69, 9.17) is 4.74 Å². The minimum atomic E-state index is 0.215. The molecule has 0 bridgehead atoms. The van der Waals surface area contributed by atoms with Crippen LogP contribution in [0.5, 0.6) is 0 Å². The molecule has 0 radical (unpaired) electrons. The number of likely N-dealkylation sites (tertiary alicyclic amines) is 1. The van der Waals surface area contributed by atoms with E-state index in [1.165, 1.54) is 19.3 Å². The number of carbonyl (C=O) groups excluding carboxylic acids is 1. The van der Waals surface area contributed by atoms with Crippen LogP contribution in [0.4, 0.5) is 0 Å². The molecule has 1 aliphatic rings. The minimum absolute atomic E-state index is 0.215. The van der Waals surface area contributed by atoms with Crippen LogP contribution in [0.1, 0.15) is 65.2 Å². The van der Waals surface area contributed by atoms with Crippen LogP contribution in [0.15, 0.2) is 0 Å². The summed E-state index contributed by atoms with van der Waals surface area (Å²) in [5.74, 6) is 0.337. The summed E-state index contributed by atoms with van der Waals surface area (Å²) in [5, 5.41) is 0. The van der Waals surface area contributed by atoms with E-state index in [0.29, 0.717) is 11.9 Å². The Balaban J connectivity index is 2.40. The molecule has 1 amide bonds. The van der Waals surface area contributed by atoms with Gasteiger partial charge in [0.2, 0.25) is 5.91 Å². The second-order valence-electron chi connectivity index (χ2n) is 5.29. The predicted octanol–water partition coefficient (Wildman–Crippen LogP) is 3.37. The van der Waals surface area contributed by atoms with E-state index in [-0.39, 0.29) is 6.10 Å². The molecule has 3 heteroatoms. The van der Waals surface area contributed by atoms with Crippen molar-refractivity contribution in [3.63, 3.8) is 0 Å². The number of nitrogens with zero attached hydrogens (tertiary/aromatic N) is 1. The largest absolute Gasteiger partial charge is 0.379 e. The highest BCUT2D eigenvalue weighted by molar-refractivity contribution is 5.76. The summed E-state index contributed by atoms with van der Waals surface area (Å²) in [7, 11) is 1.76. The first-order valence-electron chi connectivity index (χ1n) is 7.56. The third kappa shape index (κ3) is 4.27. The van der Waals surface area contributed by atoms with Gasteiger partial charge in [-0.15, -0.1) is 0 Å². The fraction of sp³-hybridized carbons (Fsp3) is 0.933. The molecule has 106 valence electrons. The fourth-order valence-electron chi connectivity index (χ4n) is 2.93. The fourth-order valence-corrected chi connectivity index (χ4v) is 2.93. The van der Waals surface area contributed by atoms with Crippen molar-refractivity contribution in [1.29, 1.82) is 0 Å². The maximum Gasteiger partial charge on any atom is 0.222 e. The average molecular weight is 255 g/mol. The molecular formula is C15H29NO2. The minimum Gasteiger partial charge on any atom is -0.379 e. The molecule has 0 aromatic carbocycles. The molecule has 18 heavy (non-hydrogen) atoms. The van der Waals surface area contributed by atoms with Gasteiger partial charge in [-0.3, -0.25) is 4.79 Å². The molecule has 1 rings (SSSR count). The van der Waals surface area contributed by atoms with E-state index >= 15 is 0 Å². The quantitative estimate of drug-likeness (QED) is 0.622. The van der Waals surface area contributed by atoms with Crippen molar-refractivity contribution in [3.05, 3.63) is 0 Å². The van der Waals surface area contributed by atoms with Crippen molar-refractivity contribution in [2.75, 3.05) is 13.7 Å². The number of hydrogen-bond acceptors (Lipinski definition) is 2. The molecule has 0 spiro atoms. The molecule has 2 atom stereocenters. The molecule has 0 aliphatic carbocycles. The Morgan fingerprint density at radius 1 is 1.33 bits per heavy atom. The third-order valence-corrected chi connectivity index (χ3v) is 4.00. The first-order valence-corrected chi connectivity index (χ1v) is 7.56. The van der Waals surface area contributed by atoms with Gasteiger partial charge in [-0.1, -0.05) is 33.1 Å². The number of ether oxygens (including phenoxy) is 1. The first-order chi connectivity index (χ1) is 8.74. The summed E-state index contributed by atoms with van der Waals surface area (Å²) in [6.07, 6.45) is 8.85. The molecule has 1 saturated heterocycles. The molecular weight excluding hydrogens is 226 g/mol. The number of amides is 1. The van der Waals surface area contributed by atoms with Crippen molar-refractivity contribution in [2.24, 2.45) is 0 Å². The second-order valence-corrected chi connectivity index (χ2v) is 5.29. The Bertz CT molecular complexity index is 239. The van der Waals surface area contributed by atoms with Crippen LogP contribution < -0.4 is 0 Å². The Labute approximate surface area is 112 Å². The van der Waals surface area contributed by atoms with Crippen molar-refractivity contribution in [1.82, 2.24) is 4.90 Å². The summed E-state index contributed by atoms with van der Waals surface area (Å²) in [4.78, 5) is 14.3. The lowest BCUT2D eigenvalue weighted by molar-refractivity contribution is -0.134. The van der Waals surface area contributed by atoms with Gasteiger partial charge in [0.25, 0.3) is 0 Å². The lowest BCUT2D eigenvalue weighted by Crippen LogP contribution is -2.43. The Hall–Kier alpha value is -0.570. The zero-order chi connectivity index (χ0) is 13.4. The van der Waals surface area contributed by atoms with E-state index < -0.39 is 0 Å². The SMILES string of the molecule is CCCCCCC(=O)N1CCCC1C(CC)OC. The standard InChI is InChI=1S/C15H29NO2/c1-4-6-7-8-11-15(17)16-12-9-10-13(16)14(5-2)18-3/h13-14H,4-12H2,1-3H3. The highest BCUT2D eigenvalue weighted by Crippen LogP contribution is 2.24. The van der Waals surface area contributed by atoms with Crippen LogP contribution in [0.3, 0.4) is 0 Å². The van der Waals surface area contributed by atoms with E-state index in [0.717, 1.165) is 38.6 Å². The topological polar surface area (TPSA) is 29.5 Å². The molecule has 1 heterocycles. The predicted molar refractivity (Wildman–Crippen MR) is 74.6 cm³/mol. The van der Waals surface area contributed by atoms with Crippen molar-refractivity contribution < 1.29 is 9.53 Å². The zero-order valence-electron chi connectivity index (χ0n) is 12.3. The number of hydrogen-bond donors (Lipinski definition) is 0. The van der Waals surface area contributed by atoms with Gasteiger partial charge >= 0.3 is 0 Å². The normalized spacial score (nSPS) is 21.3. The number of rotatable bonds is 8. The van der Waals surface area contributed by atoms with E-state index in [1.54, 1.807) is 7.11 Å². The lowest BCUT2D eigenvalue weighted by Gasteiger charge is -2.30. The van der Waals surface area contributed by atoms with Gasteiger partial charge in [0.15, 0.2) is 0 Å². The first kappa shape index (κ1) is 15.5. The average Bonchev–Trinajstić information content (AvgIpc) is 2.85. The number of carbonyl (C=O) groups is 1. The van der Waals surface area contributed by atoms with Crippen LogP contribution in [0, 0.1) is 0 Å². The summed E-state index contributed by atoms with van der Waals surface area (Å²) in [6.45, 7) is 5.26. The van der Waals surface area contributed by atoms with Crippen LogP contribution in [-0.4, -0.2) is 36.6 Å². The summed E-state index contributed by atoms with van der Waals surface area (Å²) in [5.41, 5.74) is 0. The molecule has 0 saturated carbocycles. The van der Waals surface area contributed by atoms with Crippen LogP contribution in [-0.2, 0) is 9.53 Å². The molecule has 0 aromatic heterocycles. The van der Waals surface area contributed by atoms with E-state index in [2.05, 4.69) is 18.7 Å². The highest BCUT2D eigenvalue weighted by Gasteiger charge is 2.33. The Kier molecular flexibility index (Phi) is 7.33. The molecule has 0 aromatic rings. The number of methoxy groups -OCH3 is 1.